The average molecular weight is 259 g/mol. The molecule has 0 aromatic rings. The Hall–Kier alpha value is -0.650. The molecule has 0 aliphatic heterocycles. The summed E-state index contributed by atoms with van der Waals surface area (Å²) in [6, 6.07) is -0.193. The zero-order chi connectivity index (χ0) is 14.0. The first kappa shape index (κ1) is 17.4. The predicted octanol–water partition coefficient (Wildman–Crippen LogP) is 0.411. The molecule has 5 nitrogen and oxygen atoms in total. The molecule has 0 aromatic carbocycles. The smallest absolute Gasteiger partial charge is 0.323 e. The van der Waals surface area contributed by atoms with Crippen LogP contribution in [0.1, 0.15) is 19.8 Å². The highest BCUT2D eigenvalue weighted by Crippen LogP contribution is 1.99. The summed E-state index contributed by atoms with van der Waals surface area (Å²) in [5, 5.41) is 3.01. The third kappa shape index (κ3) is 8.44. The molecule has 0 saturated carbocycles. The van der Waals surface area contributed by atoms with E-state index >= 15 is 0 Å². The molecule has 0 heterocycles. The number of carbonyl (C=O) groups excluding carboxylic acids is 1. The van der Waals surface area contributed by atoms with E-state index in [0.29, 0.717) is 6.61 Å². The van der Waals surface area contributed by atoms with Crippen molar-refractivity contribution in [3.63, 3.8) is 0 Å². The highest BCUT2D eigenvalue weighted by atomic mass is 16.5. The minimum absolute atomic E-state index is 0.151. The van der Waals surface area contributed by atoms with Crippen LogP contribution >= 0.6 is 0 Å². The van der Waals surface area contributed by atoms with Crippen LogP contribution in [0.25, 0.3) is 0 Å². The number of nitrogens with zero attached hydrogens (tertiary/aromatic N) is 2. The second kappa shape index (κ2) is 10.3. The van der Waals surface area contributed by atoms with Gasteiger partial charge in [0.1, 0.15) is 6.04 Å². The molecule has 1 unspecified atom stereocenters. The lowest BCUT2D eigenvalue weighted by atomic mass is 10.2. The second-order valence-corrected chi connectivity index (χ2v) is 4.84. The van der Waals surface area contributed by atoms with Gasteiger partial charge in [0.05, 0.1) is 6.61 Å². The first-order valence-electron chi connectivity index (χ1n) is 6.68. The summed E-state index contributed by atoms with van der Waals surface area (Å²) in [4.78, 5) is 16.0. The van der Waals surface area contributed by atoms with Crippen LogP contribution in [0.4, 0.5) is 0 Å². The SMILES string of the molecule is CCOC(=O)C(CCN(C)CCCN(C)C)NC. The Balaban J connectivity index is 3.79. The first-order chi connectivity index (χ1) is 8.51. The van der Waals surface area contributed by atoms with E-state index in [4.69, 9.17) is 4.74 Å². The van der Waals surface area contributed by atoms with Crippen molar-refractivity contribution in [2.24, 2.45) is 0 Å². The molecule has 0 aliphatic rings. The summed E-state index contributed by atoms with van der Waals surface area (Å²) >= 11 is 0. The summed E-state index contributed by atoms with van der Waals surface area (Å²) in [5.74, 6) is -0.151. The normalized spacial score (nSPS) is 13.1. The Morgan fingerprint density at radius 2 is 1.89 bits per heavy atom. The third-order valence-electron chi connectivity index (χ3n) is 2.86. The number of esters is 1. The van der Waals surface area contributed by atoms with Crippen molar-refractivity contribution < 1.29 is 9.53 Å². The lowest BCUT2D eigenvalue weighted by Crippen LogP contribution is -2.38. The maximum Gasteiger partial charge on any atom is 0.323 e. The Kier molecular flexibility index (Phi) is 9.92. The van der Waals surface area contributed by atoms with Gasteiger partial charge in [0.2, 0.25) is 0 Å². The number of nitrogens with one attached hydrogen (secondary N) is 1. The zero-order valence-electron chi connectivity index (χ0n) is 12.5. The Bertz CT molecular complexity index is 222. The molecular formula is C13H29N3O2. The molecule has 1 N–H and O–H groups in total. The lowest BCUT2D eigenvalue weighted by molar-refractivity contribution is -0.145. The number of rotatable bonds is 10. The molecule has 0 amide bonds. The standard InChI is InChI=1S/C13H29N3O2/c1-6-18-13(17)12(14-2)8-11-16(5)10-7-9-15(3)4/h12,14H,6-11H2,1-5H3. The van der Waals surface area contributed by atoms with E-state index < -0.39 is 0 Å². The molecule has 0 aliphatic carbocycles. The van der Waals surface area contributed by atoms with Crippen molar-refractivity contribution in [1.82, 2.24) is 15.1 Å². The first-order valence-corrected chi connectivity index (χ1v) is 6.68. The number of likely N-dealkylation sites (N-methyl/N-ethyl adjacent to an activating group) is 1. The fraction of sp³-hybridized carbons (Fsp3) is 0.923. The van der Waals surface area contributed by atoms with Crippen molar-refractivity contribution >= 4 is 5.97 Å². The van der Waals surface area contributed by atoms with Gasteiger partial charge in [-0.3, -0.25) is 4.79 Å². The van der Waals surface area contributed by atoms with Gasteiger partial charge >= 0.3 is 5.97 Å². The van der Waals surface area contributed by atoms with Crippen LogP contribution in [0.5, 0.6) is 0 Å². The molecule has 0 rings (SSSR count). The van der Waals surface area contributed by atoms with Crippen molar-refractivity contribution in [3.8, 4) is 0 Å². The Morgan fingerprint density at radius 3 is 2.39 bits per heavy atom. The van der Waals surface area contributed by atoms with E-state index in [0.717, 1.165) is 32.5 Å². The van der Waals surface area contributed by atoms with Gasteiger partial charge in [0.15, 0.2) is 0 Å². The van der Waals surface area contributed by atoms with Gasteiger partial charge in [-0.2, -0.15) is 0 Å². The molecule has 5 heteroatoms. The van der Waals surface area contributed by atoms with Gasteiger partial charge in [-0.05, 0) is 67.6 Å². The quantitative estimate of drug-likeness (QED) is 0.576. The molecular weight excluding hydrogens is 230 g/mol. The highest BCUT2D eigenvalue weighted by Gasteiger charge is 2.17. The van der Waals surface area contributed by atoms with Crippen molar-refractivity contribution in [1.29, 1.82) is 0 Å². The summed E-state index contributed by atoms with van der Waals surface area (Å²) in [6.45, 7) is 5.32. The molecule has 108 valence electrons. The van der Waals surface area contributed by atoms with Gasteiger partial charge in [0.25, 0.3) is 0 Å². The molecule has 0 fully saturated rings. The summed E-state index contributed by atoms with van der Waals surface area (Å²) in [5.41, 5.74) is 0. The van der Waals surface area contributed by atoms with E-state index in [1.165, 1.54) is 0 Å². The van der Waals surface area contributed by atoms with E-state index in [1.807, 2.05) is 6.92 Å². The molecule has 0 spiro atoms. The van der Waals surface area contributed by atoms with Crippen LogP contribution in [0.2, 0.25) is 0 Å². The van der Waals surface area contributed by atoms with E-state index in [1.54, 1.807) is 7.05 Å². The summed E-state index contributed by atoms with van der Waals surface area (Å²) < 4.78 is 5.01. The lowest BCUT2D eigenvalue weighted by Gasteiger charge is -2.21. The monoisotopic (exact) mass is 259 g/mol. The fourth-order valence-corrected chi connectivity index (χ4v) is 1.74. The molecule has 0 saturated heterocycles. The maximum atomic E-state index is 11.6. The number of carbonyl (C=O) groups is 1. The Morgan fingerprint density at radius 1 is 1.22 bits per heavy atom. The van der Waals surface area contributed by atoms with Gasteiger partial charge in [-0.15, -0.1) is 0 Å². The van der Waals surface area contributed by atoms with Gasteiger partial charge in [0, 0.05) is 0 Å². The fourth-order valence-electron chi connectivity index (χ4n) is 1.74. The van der Waals surface area contributed by atoms with Gasteiger partial charge in [-0.1, -0.05) is 0 Å². The number of hydrogen-bond donors (Lipinski definition) is 1. The maximum absolute atomic E-state index is 11.6. The van der Waals surface area contributed by atoms with Crippen LogP contribution in [0.15, 0.2) is 0 Å². The summed E-state index contributed by atoms with van der Waals surface area (Å²) in [6.07, 6.45) is 1.93. The molecule has 0 radical (unpaired) electrons. The van der Waals surface area contributed by atoms with Crippen molar-refractivity contribution in [3.05, 3.63) is 0 Å². The van der Waals surface area contributed by atoms with Crippen LogP contribution in [-0.4, -0.2) is 76.2 Å². The van der Waals surface area contributed by atoms with Crippen molar-refractivity contribution in [2.45, 2.75) is 25.8 Å². The largest absolute Gasteiger partial charge is 0.465 e. The molecule has 0 aromatic heterocycles. The Labute approximate surface area is 111 Å². The topological polar surface area (TPSA) is 44.8 Å². The van der Waals surface area contributed by atoms with E-state index in [9.17, 15) is 4.79 Å². The second-order valence-electron chi connectivity index (χ2n) is 4.84. The third-order valence-corrected chi connectivity index (χ3v) is 2.86. The zero-order valence-corrected chi connectivity index (χ0v) is 12.5. The summed E-state index contributed by atoms with van der Waals surface area (Å²) in [7, 11) is 8.05. The molecule has 18 heavy (non-hydrogen) atoms. The van der Waals surface area contributed by atoms with Crippen LogP contribution in [0, 0.1) is 0 Å². The van der Waals surface area contributed by atoms with Crippen LogP contribution < -0.4 is 5.32 Å². The number of hydrogen-bond acceptors (Lipinski definition) is 5. The van der Waals surface area contributed by atoms with Gasteiger partial charge < -0.3 is 19.9 Å². The minimum Gasteiger partial charge on any atom is -0.465 e. The average Bonchev–Trinajstić information content (AvgIpc) is 2.29. The minimum atomic E-state index is -0.193. The van der Waals surface area contributed by atoms with E-state index in [2.05, 4.69) is 36.3 Å². The van der Waals surface area contributed by atoms with Crippen molar-refractivity contribution in [2.75, 3.05) is 54.4 Å². The molecule has 1 atom stereocenters. The molecule has 0 bridgehead atoms. The van der Waals surface area contributed by atoms with Gasteiger partial charge in [-0.25, -0.2) is 0 Å². The highest BCUT2D eigenvalue weighted by molar-refractivity contribution is 5.75. The predicted molar refractivity (Wildman–Crippen MR) is 74.8 cm³/mol. The van der Waals surface area contributed by atoms with Crippen LogP contribution in [0.3, 0.4) is 0 Å². The van der Waals surface area contributed by atoms with Crippen LogP contribution in [-0.2, 0) is 9.53 Å². The number of ether oxygens (including phenoxy) is 1. The van der Waals surface area contributed by atoms with E-state index in [-0.39, 0.29) is 12.0 Å².